The predicted octanol–water partition coefficient (Wildman–Crippen LogP) is 5.15. The Labute approximate surface area is 223 Å². The fourth-order valence-electron chi connectivity index (χ4n) is 9.46. The van der Waals surface area contributed by atoms with Gasteiger partial charge in [-0.2, -0.15) is 0 Å². The number of rotatable bonds is 6. The van der Waals surface area contributed by atoms with E-state index >= 15 is 0 Å². The van der Waals surface area contributed by atoms with Gasteiger partial charge in [0.05, 0.1) is 0 Å². The van der Waals surface area contributed by atoms with Crippen LogP contribution in [0.2, 0.25) is 0 Å². The number of nitrogens with zero attached hydrogens (tertiary/aromatic N) is 3. The zero-order valence-corrected chi connectivity index (χ0v) is 23.1. The Balaban J connectivity index is 1.16. The van der Waals surface area contributed by atoms with E-state index in [2.05, 4.69) is 14.7 Å². The maximum absolute atomic E-state index is 13.2. The van der Waals surface area contributed by atoms with Crippen LogP contribution in [0.15, 0.2) is 0 Å². The van der Waals surface area contributed by atoms with Crippen LogP contribution in [0.4, 0.5) is 0 Å². The monoisotopic (exact) mass is 511 g/mol. The highest BCUT2D eigenvalue weighted by molar-refractivity contribution is 5.81. The first-order valence-corrected chi connectivity index (χ1v) is 15.7. The average Bonchev–Trinajstić information content (AvgIpc) is 3.45. The third-order valence-corrected chi connectivity index (χ3v) is 11.4. The molecule has 3 amide bonds. The summed E-state index contributed by atoms with van der Waals surface area (Å²) in [7, 11) is 0. The first-order chi connectivity index (χ1) is 17.9. The molecule has 37 heavy (non-hydrogen) atoms. The highest BCUT2D eigenvalue weighted by atomic mass is 16.2. The van der Waals surface area contributed by atoms with Crippen molar-refractivity contribution >= 4 is 17.7 Å². The Bertz CT molecular complexity index is 768. The van der Waals surface area contributed by atoms with Gasteiger partial charge in [0.25, 0.3) is 0 Å². The van der Waals surface area contributed by atoms with E-state index in [1.165, 1.54) is 96.3 Å². The van der Waals surface area contributed by atoms with E-state index in [-0.39, 0.29) is 22.2 Å². The van der Waals surface area contributed by atoms with E-state index in [0.717, 1.165) is 19.6 Å². The minimum absolute atomic E-state index is 0.146. The fourth-order valence-corrected chi connectivity index (χ4v) is 9.46. The van der Waals surface area contributed by atoms with E-state index in [9.17, 15) is 14.4 Å². The normalized spacial score (nSPS) is 29.1. The van der Waals surface area contributed by atoms with Crippen molar-refractivity contribution < 1.29 is 14.4 Å². The maximum atomic E-state index is 13.2. The standard InChI is InChI=1S/C31H49N3O3/c35-26-16-29(10-4-1-5-11-29)22-32(26)19-25(20-33-23-30(17-27(33)36)12-6-2-7-13-30)21-34-24-31(18-28(34)37)14-8-3-9-15-31/h25H,1-24H2. The minimum atomic E-state index is 0.146. The van der Waals surface area contributed by atoms with Gasteiger partial charge >= 0.3 is 0 Å². The molecule has 0 bridgehead atoms. The summed E-state index contributed by atoms with van der Waals surface area (Å²) in [5.74, 6) is 1.06. The molecular formula is C31H49N3O3. The molecule has 3 spiro atoms. The zero-order chi connectivity index (χ0) is 25.5. The van der Waals surface area contributed by atoms with Crippen LogP contribution in [0.5, 0.6) is 0 Å². The first kappa shape index (κ1) is 25.7. The minimum Gasteiger partial charge on any atom is -0.342 e. The Hall–Kier alpha value is -1.59. The van der Waals surface area contributed by atoms with Crippen molar-refractivity contribution in [1.29, 1.82) is 0 Å². The quantitative estimate of drug-likeness (QED) is 0.495. The van der Waals surface area contributed by atoms with Crippen molar-refractivity contribution in [2.45, 2.75) is 116 Å². The summed E-state index contributed by atoms with van der Waals surface area (Å²) in [6.07, 6.45) is 20.6. The zero-order valence-electron chi connectivity index (χ0n) is 23.1. The van der Waals surface area contributed by atoms with E-state index in [1.807, 2.05) is 0 Å². The molecule has 3 saturated carbocycles. The molecular weight excluding hydrogens is 462 g/mol. The van der Waals surface area contributed by atoms with Crippen LogP contribution in [-0.2, 0) is 14.4 Å². The predicted molar refractivity (Wildman–Crippen MR) is 144 cm³/mol. The lowest BCUT2D eigenvalue weighted by Gasteiger charge is -2.36. The summed E-state index contributed by atoms with van der Waals surface area (Å²) in [5.41, 5.74) is 0.557. The SMILES string of the molecule is O=C1CC2(CCCCC2)CN1CC(CN1CC2(CCCCC2)CC1=O)CN1CC2(CCCCC2)CC1=O. The number of carbonyl (C=O) groups is 3. The van der Waals surface area contributed by atoms with Gasteiger partial charge in [0, 0.05) is 64.4 Å². The molecule has 6 fully saturated rings. The van der Waals surface area contributed by atoms with Crippen LogP contribution in [0.25, 0.3) is 0 Å². The number of likely N-dealkylation sites (tertiary alicyclic amines) is 3. The van der Waals surface area contributed by atoms with Gasteiger partial charge < -0.3 is 14.7 Å². The highest BCUT2D eigenvalue weighted by Gasteiger charge is 2.48. The topological polar surface area (TPSA) is 60.9 Å². The summed E-state index contributed by atoms with van der Waals surface area (Å²) in [6.45, 7) is 4.77. The van der Waals surface area contributed by atoms with Crippen molar-refractivity contribution in [3.05, 3.63) is 0 Å². The third-order valence-electron chi connectivity index (χ3n) is 11.4. The molecule has 0 unspecified atom stereocenters. The largest absolute Gasteiger partial charge is 0.342 e. The summed E-state index contributed by atoms with van der Waals surface area (Å²) < 4.78 is 0. The van der Waals surface area contributed by atoms with Gasteiger partial charge in [0.15, 0.2) is 0 Å². The van der Waals surface area contributed by atoms with E-state index < -0.39 is 0 Å². The van der Waals surface area contributed by atoms with Crippen LogP contribution in [0.1, 0.15) is 116 Å². The van der Waals surface area contributed by atoms with Crippen LogP contribution < -0.4 is 0 Å². The van der Waals surface area contributed by atoms with Gasteiger partial charge in [-0.3, -0.25) is 14.4 Å². The lowest BCUT2D eigenvalue weighted by Crippen LogP contribution is -2.45. The number of carbonyl (C=O) groups excluding carboxylic acids is 3. The van der Waals surface area contributed by atoms with E-state index in [0.29, 0.717) is 56.6 Å². The second kappa shape index (κ2) is 10.2. The van der Waals surface area contributed by atoms with E-state index in [4.69, 9.17) is 0 Å². The molecule has 0 N–H and O–H groups in total. The molecule has 206 valence electrons. The highest BCUT2D eigenvalue weighted by Crippen LogP contribution is 2.47. The van der Waals surface area contributed by atoms with Gasteiger partial charge in [0.1, 0.15) is 0 Å². The Morgan fingerprint density at radius 2 is 0.730 bits per heavy atom. The van der Waals surface area contributed by atoms with Gasteiger partial charge in [-0.1, -0.05) is 57.8 Å². The Morgan fingerprint density at radius 3 is 1.00 bits per heavy atom. The van der Waals surface area contributed by atoms with Crippen LogP contribution >= 0.6 is 0 Å². The van der Waals surface area contributed by atoms with Crippen LogP contribution in [0, 0.1) is 22.2 Å². The smallest absolute Gasteiger partial charge is 0.223 e. The summed E-state index contributed by atoms with van der Waals surface area (Å²) in [5, 5.41) is 0. The van der Waals surface area contributed by atoms with Crippen molar-refractivity contribution in [2.75, 3.05) is 39.3 Å². The summed E-state index contributed by atoms with van der Waals surface area (Å²) >= 11 is 0. The molecule has 3 saturated heterocycles. The van der Waals surface area contributed by atoms with E-state index in [1.54, 1.807) is 0 Å². The maximum Gasteiger partial charge on any atom is 0.223 e. The molecule has 0 radical (unpaired) electrons. The van der Waals surface area contributed by atoms with Gasteiger partial charge in [0.2, 0.25) is 17.7 Å². The summed E-state index contributed by atoms with van der Waals surface area (Å²) in [4.78, 5) is 46.1. The molecule has 6 rings (SSSR count). The molecule has 6 nitrogen and oxygen atoms in total. The van der Waals surface area contributed by atoms with Crippen LogP contribution in [-0.4, -0.2) is 71.7 Å². The molecule has 6 aliphatic rings. The van der Waals surface area contributed by atoms with Crippen LogP contribution in [0.3, 0.4) is 0 Å². The second-order valence-electron chi connectivity index (χ2n) is 14.4. The van der Waals surface area contributed by atoms with Crippen molar-refractivity contribution in [3.63, 3.8) is 0 Å². The van der Waals surface area contributed by atoms with Gasteiger partial charge in [-0.25, -0.2) is 0 Å². The number of hydrogen-bond donors (Lipinski definition) is 0. The molecule has 0 aromatic heterocycles. The number of hydrogen-bond acceptors (Lipinski definition) is 3. The first-order valence-electron chi connectivity index (χ1n) is 15.7. The average molecular weight is 512 g/mol. The second-order valence-corrected chi connectivity index (χ2v) is 14.4. The molecule has 0 atom stereocenters. The Kier molecular flexibility index (Phi) is 7.07. The molecule has 3 heterocycles. The lowest BCUT2D eigenvalue weighted by molar-refractivity contribution is -0.130. The van der Waals surface area contributed by atoms with Crippen molar-refractivity contribution in [1.82, 2.24) is 14.7 Å². The van der Waals surface area contributed by atoms with Gasteiger partial charge in [-0.05, 0) is 54.8 Å². The summed E-state index contributed by atoms with van der Waals surface area (Å²) in [6, 6.07) is 0. The van der Waals surface area contributed by atoms with Gasteiger partial charge in [-0.15, -0.1) is 0 Å². The molecule has 0 aromatic carbocycles. The van der Waals surface area contributed by atoms with Crippen molar-refractivity contribution in [3.8, 4) is 0 Å². The molecule has 0 aromatic rings. The fraction of sp³-hybridized carbons (Fsp3) is 0.903. The number of amides is 3. The molecule has 3 aliphatic heterocycles. The molecule has 6 heteroatoms. The Morgan fingerprint density at radius 1 is 0.459 bits per heavy atom. The molecule has 3 aliphatic carbocycles. The third kappa shape index (κ3) is 5.32. The van der Waals surface area contributed by atoms with Crippen molar-refractivity contribution in [2.24, 2.45) is 22.2 Å². The lowest BCUT2D eigenvalue weighted by atomic mass is 9.73.